The number of aromatic nitrogens is 1. The Morgan fingerprint density at radius 3 is 2.79 bits per heavy atom. The van der Waals surface area contributed by atoms with Gasteiger partial charge in [0.1, 0.15) is 19.3 Å². The number of piperidine rings is 1. The predicted molar refractivity (Wildman–Crippen MR) is 107 cm³/mol. The molecule has 1 N–H and O–H groups in total. The van der Waals surface area contributed by atoms with Crippen LogP contribution in [0.15, 0.2) is 34.9 Å². The van der Waals surface area contributed by atoms with Crippen LogP contribution in [0.2, 0.25) is 0 Å². The zero-order valence-electron chi connectivity index (χ0n) is 15.6. The van der Waals surface area contributed by atoms with Crippen molar-refractivity contribution in [2.45, 2.75) is 25.3 Å². The summed E-state index contributed by atoms with van der Waals surface area (Å²) in [5.41, 5.74) is 0.738. The summed E-state index contributed by atoms with van der Waals surface area (Å²) in [7, 11) is 0. The first-order chi connectivity index (χ1) is 14.2. The van der Waals surface area contributed by atoms with Gasteiger partial charge in [0.05, 0.1) is 16.5 Å². The number of nitrogens with one attached hydrogen (secondary N) is 1. The summed E-state index contributed by atoms with van der Waals surface area (Å²) in [6.45, 7) is 1.55. The van der Waals surface area contributed by atoms with E-state index in [1.54, 1.807) is 17.0 Å². The van der Waals surface area contributed by atoms with Gasteiger partial charge in [-0.1, -0.05) is 11.3 Å². The number of ether oxygens (including phenoxy) is 2. The van der Waals surface area contributed by atoms with Crippen molar-refractivity contribution in [3.8, 4) is 11.5 Å². The molecule has 150 valence electrons. The first-order valence-corrected chi connectivity index (χ1v) is 10.4. The Hall–Kier alpha value is -3.07. The average molecular weight is 413 g/mol. The summed E-state index contributed by atoms with van der Waals surface area (Å²) in [5.74, 6) is 1.10. The van der Waals surface area contributed by atoms with Crippen molar-refractivity contribution >= 4 is 38.5 Å². The maximum absolute atomic E-state index is 13.0. The van der Waals surface area contributed by atoms with Crippen LogP contribution >= 0.6 is 11.3 Å². The molecule has 0 saturated carbocycles. The van der Waals surface area contributed by atoms with E-state index in [0.29, 0.717) is 42.8 Å². The summed E-state index contributed by atoms with van der Waals surface area (Å²) >= 11 is 1.37. The summed E-state index contributed by atoms with van der Waals surface area (Å²) in [6, 6.07) is 6.44. The molecule has 5 rings (SSSR count). The molecule has 2 aliphatic heterocycles. The van der Waals surface area contributed by atoms with Gasteiger partial charge in [0.15, 0.2) is 22.4 Å². The third-order valence-corrected chi connectivity index (χ3v) is 6.01. The number of nitrogens with zero attached hydrogens (tertiary/aromatic N) is 2. The van der Waals surface area contributed by atoms with Crippen LogP contribution in [-0.2, 0) is 4.79 Å². The lowest BCUT2D eigenvalue weighted by Gasteiger charge is -2.33. The molecule has 0 aliphatic carbocycles. The molecule has 1 unspecified atom stereocenters. The van der Waals surface area contributed by atoms with Gasteiger partial charge < -0.3 is 24.1 Å². The van der Waals surface area contributed by atoms with Gasteiger partial charge in [-0.25, -0.2) is 4.98 Å². The molecule has 2 amide bonds. The third-order valence-electron chi connectivity index (χ3n) is 5.08. The van der Waals surface area contributed by atoms with Gasteiger partial charge in [-0.15, -0.1) is 0 Å². The van der Waals surface area contributed by atoms with E-state index in [9.17, 15) is 9.59 Å². The van der Waals surface area contributed by atoms with Crippen molar-refractivity contribution in [3.63, 3.8) is 0 Å². The van der Waals surface area contributed by atoms with Gasteiger partial charge in [0.2, 0.25) is 5.91 Å². The second-order valence-corrected chi connectivity index (χ2v) is 7.99. The monoisotopic (exact) mass is 413 g/mol. The topological polar surface area (TPSA) is 93.9 Å². The summed E-state index contributed by atoms with van der Waals surface area (Å²) in [6.07, 6.45) is 3.82. The van der Waals surface area contributed by atoms with Crippen LogP contribution in [0.3, 0.4) is 0 Å². The molecular formula is C20H19N3O5S. The molecule has 2 aromatic heterocycles. The molecule has 1 saturated heterocycles. The highest BCUT2D eigenvalue weighted by Gasteiger charge is 2.34. The zero-order chi connectivity index (χ0) is 19.8. The first-order valence-electron chi connectivity index (χ1n) is 9.54. The number of thiazole rings is 1. The zero-order valence-corrected chi connectivity index (χ0v) is 16.4. The predicted octanol–water partition coefficient (Wildman–Crippen LogP) is 3.29. The number of rotatable bonds is 3. The van der Waals surface area contributed by atoms with Crippen LogP contribution in [0.4, 0.5) is 5.13 Å². The number of hydrogen-bond acceptors (Lipinski definition) is 7. The molecule has 8 nitrogen and oxygen atoms in total. The maximum atomic E-state index is 13.0. The van der Waals surface area contributed by atoms with Crippen molar-refractivity contribution in [1.82, 2.24) is 9.88 Å². The van der Waals surface area contributed by atoms with E-state index in [0.717, 1.165) is 23.1 Å². The lowest BCUT2D eigenvalue weighted by molar-refractivity contribution is -0.121. The number of anilines is 1. The average Bonchev–Trinajstić information content (AvgIpc) is 3.41. The van der Waals surface area contributed by atoms with Crippen molar-refractivity contribution in [3.05, 3.63) is 36.3 Å². The highest BCUT2D eigenvalue weighted by Crippen LogP contribution is 2.38. The van der Waals surface area contributed by atoms with E-state index in [1.165, 1.54) is 17.6 Å². The second-order valence-electron chi connectivity index (χ2n) is 6.96. The minimum Gasteiger partial charge on any atom is -0.486 e. The van der Waals surface area contributed by atoms with Gasteiger partial charge >= 0.3 is 0 Å². The molecule has 2 aliphatic rings. The van der Waals surface area contributed by atoms with Crippen LogP contribution < -0.4 is 14.8 Å². The Balaban J connectivity index is 1.36. The molecule has 1 fully saturated rings. The Kier molecular flexibility index (Phi) is 4.59. The van der Waals surface area contributed by atoms with Gasteiger partial charge in [-0.2, -0.15) is 0 Å². The van der Waals surface area contributed by atoms with E-state index in [-0.39, 0.29) is 17.6 Å². The van der Waals surface area contributed by atoms with Gasteiger partial charge in [0, 0.05) is 18.7 Å². The molecule has 1 aromatic carbocycles. The number of hydrogen-bond donors (Lipinski definition) is 1. The van der Waals surface area contributed by atoms with Gasteiger partial charge in [-0.3, -0.25) is 9.59 Å². The minimum absolute atomic E-state index is 0.235. The lowest BCUT2D eigenvalue weighted by Crippen LogP contribution is -2.49. The highest BCUT2D eigenvalue weighted by atomic mass is 32.1. The largest absolute Gasteiger partial charge is 0.486 e. The number of benzene rings is 1. The smallest absolute Gasteiger partial charge is 0.290 e. The fourth-order valence-electron chi connectivity index (χ4n) is 3.70. The van der Waals surface area contributed by atoms with Crippen LogP contribution in [0.1, 0.15) is 29.8 Å². The van der Waals surface area contributed by atoms with Crippen LogP contribution in [-0.4, -0.2) is 47.5 Å². The maximum Gasteiger partial charge on any atom is 0.290 e. The number of fused-ring (bicyclic) bond motifs is 2. The lowest BCUT2D eigenvalue weighted by atomic mass is 10.0. The van der Waals surface area contributed by atoms with Crippen molar-refractivity contribution < 1.29 is 23.5 Å². The van der Waals surface area contributed by atoms with Gasteiger partial charge in [0.25, 0.3) is 5.91 Å². The number of amides is 2. The molecule has 9 heteroatoms. The molecular weight excluding hydrogens is 394 g/mol. The van der Waals surface area contributed by atoms with E-state index in [1.807, 2.05) is 12.1 Å². The molecule has 0 spiro atoms. The quantitative estimate of drug-likeness (QED) is 0.708. The minimum atomic E-state index is -0.548. The summed E-state index contributed by atoms with van der Waals surface area (Å²) < 4.78 is 17.3. The first kappa shape index (κ1) is 18.0. The van der Waals surface area contributed by atoms with Crippen molar-refractivity contribution in [2.75, 3.05) is 25.1 Å². The summed E-state index contributed by atoms with van der Waals surface area (Å²) in [4.78, 5) is 31.8. The van der Waals surface area contributed by atoms with Crippen LogP contribution in [0.25, 0.3) is 10.2 Å². The Morgan fingerprint density at radius 2 is 2.00 bits per heavy atom. The SMILES string of the molecule is O=C(Nc1nc2cc3c(cc2s1)OCCO3)C1CCCCN1C(=O)c1ccco1. The molecule has 4 heterocycles. The standard InChI is InChI=1S/C20H19N3O5S/c24-18(13-4-1-2-6-23(13)19(25)14-5-3-7-26-14)22-20-21-12-10-15-16(11-17(12)29-20)28-9-8-27-15/h3,5,7,10-11,13H,1-2,4,6,8-9H2,(H,21,22,24). The van der Waals surface area contributed by atoms with Crippen molar-refractivity contribution in [1.29, 1.82) is 0 Å². The Bertz CT molecular complexity index is 1020. The fourth-order valence-corrected chi connectivity index (χ4v) is 4.58. The van der Waals surface area contributed by atoms with E-state index >= 15 is 0 Å². The van der Waals surface area contributed by atoms with E-state index in [4.69, 9.17) is 13.9 Å². The Morgan fingerprint density at radius 1 is 1.17 bits per heavy atom. The highest BCUT2D eigenvalue weighted by molar-refractivity contribution is 7.22. The van der Waals surface area contributed by atoms with E-state index in [2.05, 4.69) is 10.3 Å². The second kappa shape index (κ2) is 7.40. The van der Waals surface area contributed by atoms with Gasteiger partial charge in [-0.05, 0) is 31.4 Å². The molecule has 29 heavy (non-hydrogen) atoms. The normalized spacial score (nSPS) is 18.6. The molecule has 1 atom stereocenters. The number of likely N-dealkylation sites (tertiary alicyclic amines) is 1. The third kappa shape index (κ3) is 3.42. The number of furan rings is 1. The molecule has 3 aromatic rings. The number of carbonyl (C=O) groups excluding carboxylic acids is 2. The summed E-state index contributed by atoms with van der Waals surface area (Å²) in [5, 5.41) is 3.37. The Labute approximate surface area is 170 Å². The number of carbonyl (C=O) groups is 2. The molecule has 0 radical (unpaired) electrons. The fraction of sp³-hybridized carbons (Fsp3) is 0.350. The van der Waals surface area contributed by atoms with E-state index < -0.39 is 6.04 Å². The molecule has 0 bridgehead atoms. The van der Waals surface area contributed by atoms with Crippen LogP contribution in [0, 0.1) is 0 Å². The van der Waals surface area contributed by atoms with Crippen LogP contribution in [0.5, 0.6) is 11.5 Å². The van der Waals surface area contributed by atoms with Crippen molar-refractivity contribution in [2.24, 2.45) is 0 Å².